The zero-order chi connectivity index (χ0) is 18.1. The molecule has 1 fully saturated rings. The molecule has 0 saturated carbocycles. The minimum Gasteiger partial charge on any atom is -0.396 e. The molecule has 1 aromatic heterocycles. The van der Waals surface area contributed by atoms with Gasteiger partial charge in [-0.15, -0.1) is 0 Å². The Morgan fingerprint density at radius 3 is 2.69 bits per heavy atom. The Hall–Kier alpha value is -2.72. The minimum atomic E-state index is 0.0212. The van der Waals surface area contributed by atoms with E-state index < -0.39 is 0 Å². The van der Waals surface area contributed by atoms with E-state index in [0.29, 0.717) is 18.7 Å². The molecule has 0 radical (unpaired) electrons. The van der Waals surface area contributed by atoms with E-state index in [9.17, 15) is 9.90 Å². The van der Waals surface area contributed by atoms with Crippen molar-refractivity contribution in [2.45, 2.75) is 13.3 Å². The highest BCUT2D eigenvalue weighted by Crippen LogP contribution is 2.27. The van der Waals surface area contributed by atoms with Crippen molar-refractivity contribution in [1.82, 2.24) is 9.88 Å². The van der Waals surface area contributed by atoms with Crippen molar-refractivity contribution in [3.63, 3.8) is 0 Å². The highest BCUT2D eigenvalue weighted by atomic mass is 16.3. The minimum absolute atomic E-state index is 0.0212. The summed E-state index contributed by atoms with van der Waals surface area (Å²) in [6, 6.07) is 17.9. The molecule has 1 unspecified atom stereocenters. The normalized spacial score (nSPS) is 17.0. The standard InChI is InChI=1S/C22H22N2O2/c1-15-6-8-17(9-7-15)21-12-19(18-4-2-3-5-20(18)23-21)22(26)24-11-10-16(13-24)14-25/h2-9,12,16,25H,10-11,13-14H2,1H3. The number of hydrogen-bond acceptors (Lipinski definition) is 3. The van der Waals surface area contributed by atoms with Crippen LogP contribution in [-0.4, -0.2) is 40.6 Å². The van der Waals surface area contributed by atoms with E-state index in [4.69, 9.17) is 4.98 Å². The predicted molar refractivity (Wildman–Crippen MR) is 103 cm³/mol. The zero-order valence-corrected chi connectivity index (χ0v) is 14.9. The van der Waals surface area contributed by atoms with Gasteiger partial charge in [-0.25, -0.2) is 4.98 Å². The van der Waals surface area contributed by atoms with E-state index >= 15 is 0 Å². The Bertz CT molecular complexity index is 950. The topological polar surface area (TPSA) is 53.4 Å². The highest BCUT2D eigenvalue weighted by Gasteiger charge is 2.27. The van der Waals surface area contributed by atoms with Gasteiger partial charge in [0.25, 0.3) is 5.91 Å². The SMILES string of the molecule is Cc1ccc(-c2cc(C(=O)N3CCC(CO)C3)c3ccccc3n2)cc1. The Morgan fingerprint density at radius 2 is 1.96 bits per heavy atom. The van der Waals surface area contributed by atoms with Crippen molar-refractivity contribution in [2.75, 3.05) is 19.7 Å². The van der Waals surface area contributed by atoms with Crippen molar-refractivity contribution in [3.05, 3.63) is 65.7 Å². The Morgan fingerprint density at radius 1 is 1.19 bits per heavy atom. The van der Waals surface area contributed by atoms with Gasteiger partial charge in [0, 0.05) is 36.6 Å². The summed E-state index contributed by atoms with van der Waals surface area (Å²) >= 11 is 0. The number of amides is 1. The van der Waals surface area contributed by atoms with E-state index in [1.165, 1.54) is 5.56 Å². The molecule has 1 amide bonds. The van der Waals surface area contributed by atoms with Crippen LogP contribution in [0.4, 0.5) is 0 Å². The smallest absolute Gasteiger partial charge is 0.254 e. The van der Waals surface area contributed by atoms with E-state index in [1.807, 2.05) is 47.4 Å². The number of likely N-dealkylation sites (tertiary alicyclic amines) is 1. The van der Waals surface area contributed by atoms with Crippen molar-refractivity contribution < 1.29 is 9.90 Å². The molecule has 4 nitrogen and oxygen atoms in total. The van der Waals surface area contributed by atoms with E-state index in [-0.39, 0.29) is 18.4 Å². The van der Waals surface area contributed by atoms with Gasteiger partial charge in [0.2, 0.25) is 0 Å². The fourth-order valence-corrected chi connectivity index (χ4v) is 3.56. The summed E-state index contributed by atoms with van der Waals surface area (Å²) in [4.78, 5) is 19.8. The molecule has 1 N–H and O–H groups in total. The molecule has 0 aliphatic carbocycles. The lowest BCUT2D eigenvalue weighted by molar-refractivity contribution is 0.0784. The molecule has 2 heterocycles. The molecule has 132 valence electrons. The van der Waals surface area contributed by atoms with Crippen LogP contribution in [0.15, 0.2) is 54.6 Å². The molecule has 4 heteroatoms. The number of hydrogen-bond donors (Lipinski definition) is 1. The van der Waals surface area contributed by atoms with Crippen LogP contribution >= 0.6 is 0 Å². The largest absolute Gasteiger partial charge is 0.396 e. The Labute approximate surface area is 153 Å². The van der Waals surface area contributed by atoms with E-state index in [1.54, 1.807) is 0 Å². The summed E-state index contributed by atoms with van der Waals surface area (Å²) in [6.45, 7) is 3.50. The fourth-order valence-electron chi connectivity index (χ4n) is 3.56. The molecule has 0 spiro atoms. The molecule has 0 bridgehead atoms. The molecular formula is C22H22N2O2. The molecular weight excluding hydrogens is 324 g/mol. The van der Waals surface area contributed by atoms with Gasteiger partial charge >= 0.3 is 0 Å². The van der Waals surface area contributed by atoms with Crippen molar-refractivity contribution >= 4 is 16.8 Å². The number of benzene rings is 2. The van der Waals surface area contributed by atoms with E-state index in [2.05, 4.69) is 19.1 Å². The number of pyridine rings is 1. The second kappa shape index (κ2) is 6.89. The molecule has 4 rings (SSSR count). The van der Waals surface area contributed by atoms with Crippen LogP contribution in [0.1, 0.15) is 22.3 Å². The van der Waals surface area contributed by atoms with Crippen LogP contribution < -0.4 is 0 Å². The van der Waals surface area contributed by atoms with Gasteiger partial charge in [-0.2, -0.15) is 0 Å². The first-order valence-corrected chi connectivity index (χ1v) is 9.02. The summed E-state index contributed by atoms with van der Waals surface area (Å²) < 4.78 is 0. The summed E-state index contributed by atoms with van der Waals surface area (Å²) in [7, 11) is 0. The second-order valence-electron chi connectivity index (χ2n) is 7.03. The highest BCUT2D eigenvalue weighted by molar-refractivity contribution is 6.07. The van der Waals surface area contributed by atoms with Gasteiger partial charge in [-0.3, -0.25) is 4.79 Å². The summed E-state index contributed by atoms with van der Waals surface area (Å²) in [5.74, 6) is 0.205. The van der Waals surface area contributed by atoms with Gasteiger partial charge in [0.1, 0.15) is 0 Å². The Balaban J connectivity index is 1.80. The first kappa shape index (κ1) is 16.7. The lowest BCUT2D eigenvalue weighted by atomic mass is 10.0. The third kappa shape index (κ3) is 3.08. The predicted octanol–water partition coefficient (Wildman–Crippen LogP) is 3.66. The molecule has 2 aromatic carbocycles. The maximum Gasteiger partial charge on any atom is 0.254 e. The van der Waals surface area contributed by atoms with Crippen molar-refractivity contribution in [1.29, 1.82) is 0 Å². The number of nitrogens with zero attached hydrogens (tertiary/aromatic N) is 2. The van der Waals surface area contributed by atoms with E-state index in [0.717, 1.165) is 28.6 Å². The summed E-state index contributed by atoms with van der Waals surface area (Å²) in [5.41, 5.74) is 4.52. The number of rotatable bonds is 3. The average molecular weight is 346 g/mol. The third-order valence-corrected chi connectivity index (χ3v) is 5.13. The maximum absolute atomic E-state index is 13.2. The number of fused-ring (bicyclic) bond motifs is 1. The van der Waals surface area contributed by atoms with Crippen LogP contribution in [0.25, 0.3) is 22.2 Å². The maximum atomic E-state index is 13.2. The number of carbonyl (C=O) groups excluding carboxylic acids is 1. The molecule has 1 atom stereocenters. The van der Waals surface area contributed by atoms with Gasteiger partial charge in [0.05, 0.1) is 16.8 Å². The molecule has 26 heavy (non-hydrogen) atoms. The summed E-state index contributed by atoms with van der Waals surface area (Å²) in [5, 5.41) is 10.3. The van der Waals surface area contributed by atoms with Crippen LogP contribution in [-0.2, 0) is 0 Å². The van der Waals surface area contributed by atoms with Gasteiger partial charge in [-0.1, -0.05) is 48.0 Å². The first-order valence-electron chi connectivity index (χ1n) is 9.02. The number of carbonyl (C=O) groups is 1. The Kier molecular flexibility index (Phi) is 4.43. The number of aryl methyl sites for hydroxylation is 1. The lowest BCUT2D eigenvalue weighted by Crippen LogP contribution is -2.29. The van der Waals surface area contributed by atoms with Gasteiger partial charge in [0.15, 0.2) is 0 Å². The van der Waals surface area contributed by atoms with Crippen LogP contribution in [0, 0.1) is 12.8 Å². The third-order valence-electron chi connectivity index (χ3n) is 5.13. The average Bonchev–Trinajstić information content (AvgIpc) is 3.16. The molecule has 1 aliphatic rings. The molecule has 1 aliphatic heterocycles. The van der Waals surface area contributed by atoms with Crippen molar-refractivity contribution in [2.24, 2.45) is 5.92 Å². The second-order valence-corrected chi connectivity index (χ2v) is 7.03. The van der Waals surface area contributed by atoms with Crippen LogP contribution in [0.3, 0.4) is 0 Å². The van der Waals surface area contributed by atoms with Gasteiger partial charge < -0.3 is 10.0 Å². The number of para-hydroxylation sites is 1. The van der Waals surface area contributed by atoms with Crippen LogP contribution in [0.5, 0.6) is 0 Å². The summed E-state index contributed by atoms with van der Waals surface area (Å²) in [6.07, 6.45) is 0.857. The van der Waals surface area contributed by atoms with Crippen molar-refractivity contribution in [3.8, 4) is 11.3 Å². The molecule has 3 aromatic rings. The number of aliphatic hydroxyl groups is 1. The number of aliphatic hydroxyl groups excluding tert-OH is 1. The molecule has 1 saturated heterocycles. The lowest BCUT2D eigenvalue weighted by Gasteiger charge is -2.18. The van der Waals surface area contributed by atoms with Gasteiger partial charge in [-0.05, 0) is 25.5 Å². The first-order chi connectivity index (χ1) is 12.7. The number of aromatic nitrogens is 1. The van der Waals surface area contributed by atoms with Crippen LogP contribution in [0.2, 0.25) is 0 Å². The quantitative estimate of drug-likeness (QED) is 0.787. The zero-order valence-electron chi connectivity index (χ0n) is 14.9. The monoisotopic (exact) mass is 346 g/mol. The fraction of sp³-hybridized carbons (Fsp3) is 0.273.